The normalized spacial score (nSPS) is 18.2. The molecule has 1 N–H and O–H groups in total. The highest BCUT2D eigenvalue weighted by Gasteiger charge is 2.26. The van der Waals surface area contributed by atoms with Gasteiger partial charge in [0.05, 0.1) is 11.8 Å². The van der Waals surface area contributed by atoms with Crippen LogP contribution in [0.4, 0.5) is 0 Å². The lowest BCUT2D eigenvalue weighted by Gasteiger charge is -2.32. The summed E-state index contributed by atoms with van der Waals surface area (Å²) in [6.45, 7) is 1.19. The zero-order chi connectivity index (χ0) is 20.5. The first-order chi connectivity index (χ1) is 14.7. The van der Waals surface area contributed by atoms with Crippen LogP contribution in [0.1, 0.15) is 55.1 Å². The summed E-state index contributed by atoms with van der Waals surface area (Å²) in [4.78, 5) is 32.2. The summed E-state index contributed by atoms with van der Waals surface area (Å²) in [7, 11) is 0. The number of fused-ring (bicyclic) bond motifs is 1. The van der Waals surface area contributed by atoms with Crippen molar-refractivity contribution >= 4 is 16.8 Å². The van der Waals surface area contributed by atoms with Crippen molar-refractivity contribution in [3.05, 3.63) is 58.9 Å². The molecule has 1 aliphatic carbocycles. The predicted octanol–water partition coefficient (Wildman–Crippen LogP) is 3.52. The molecule has 5 rings (SSSR count). The Morgan fingerprint density at radius 3 is 2.67 bits per heavy atom. The minimum absolute atomic E-state index is 0.0709. The van der Waals surface area contributed by atoms with Crippen molar-refractivity contribution in [1.82, 2.24) is 19.4 Å². The van der Waals surface area contributed by atoms with Crippen LogP contribution in [-0.4, -0.2) is 44.5 Å². The van der Waals surface area contributed by atoms with Gasteiger partial charge in [-0.05, 0) is 31.0 Å². The van der Waals surface area contributed by atoms with Crippen molar-refractivity contribution < 1.29 is 9.53 Å². The van der Waals surface area contributed by atoms with Crippen LogP contribution >= 0.6 is 0 Å². The largest absolute Gasteiger partial charge is 0.490 e. The number of aromatic nitrogens is 3. The van der Waals surface area contributed by atoms with Gasteiger partial charge in [0.2, 0.25) is 0 Å². The number of benzene rings is 1. The van der Waals surface area contributed by atoms with E-state index in [9.17, 15) is 9.59 Å². The molecule has 1 amide bonds. The van der Waals surface area contributed by atoms with Crippen molar-refractivity contribution in [2.24, 2.45) is 0 Å². The smallest absolute Gasteiger partial charge is 0.272 e. The summed E-state index contributed by atoms with van der Waals surface area (Å²) >= 11 is 0. The molecule has 0 unspecified atom stereocenters. The molecule has 30 heavy (non-hydrogen) atoms. The second-order valence-corrected chi connectivity index (χ2v) is 8.26. The standard InChI is InChI=1S/C23H26N4O3/c28-22-14-19(24-15-25-22)23(29)26-11-8-17(9-12-26)30-21-7-3-6-20-18(21)10-13-27(20)16-4-1-2-5-16/h3,6-7,10,13-17H,1-2,4-5,8-9,11-12H2,(H,24,25,28). The lowest BCUT2D eigenvalue weighted by molar-refractivity contribution is 0.0592. The van der Waals surface area contributed by atoms with E-state index < -0.39 is 0 Å². The number of piperidine rings is 1. The van der Waals surface area contributed by atoms with Gasteiger partial charge in [-0.25, -0.2) is 4.98 Å². The van der Waals surface area contributed by atoms with Crippen LogP contribution in [0.15, 0.2) is 47.7 Å². The number of rotatable bonds is 4. The van der Waals surface area contributed by atoms with Crippen LogP contribution in [0, 0.1) is 0 Å². The van der Waals surface area contributed by atoms with Gasteiger partial charge in [-0.15, -0.1) is 0 Å². The average molecular weight is 406 g/mol. The van der Waals surface area contributed by atoms with Gasteiger partial charge in [0.25, 0.3) is 11.5 Å². The van der Waals surface area contributed by atoms with Crippen molar-refractivity contribution in [1.29, 1.82) is 0 Å². The third kappa shape index (κ3) is 3.60. The van der Waals surface area contributed by atoms with Crippen LogP contribution in [0.2, 0.25) is 0 Å². The van der Waals surface area contributed by atoms with Crippen molar-refractivity contribution in [3.8, 4) is 5.75 Å². The molecule has 7 heteroatoms. The van der Waals surface area contributed by atoms with Gasteiger partial charge in [0, 0.05) is 49.6 Å². The minimum atomic E-state index is -0.316. The van der Waals surface area contributed by atoms with E-state index in [1.54, 1.807) is 4.90 Å². The topological polar surface area (TPSA) is 80.2 Å². The van der Waals surface area contributed by atoms with Crippen molar-refractivity contribution in [2.45, 2.75) is 50.7 Å². The summed E-state index contributed by atoms with van der Waals surface area (Å²) in [6.07, 6.45) is 10.2. The maximum absolute atomic E-state index is 12.6. The first kappa shape index (κ1) is 18.9. The molecule has 156 valence electrons. The molecule has 1 saturated carbocycles. The van der Waals surface area contributed by atoms with Crippen LogP contribution in [-0.2, 0) is 0 Å². The second kappa shape index (κ2) is 7.97. The molecule has 2 aliphatic rings. The molecule has 0 spiro atoms. The number of nitrogens with zero attached hydrogens (tertiary/aromatic N) is 3. The highest BCUT2D eigenvalue weighted by molar-refractivity contribution is 5.92. The molecule has 2 aromatic heterocycles. The van der Waals surface area contributed by atoms with Crippen LogP contribution < -0.4 is 10.3 Å². The highest BCUT2D eigenvalue weighted by Crippen LogP contribution is 2.36. The number of nitrogens with one attached hydrogen (secondary N) is 1. The number of carbonyl (C=O) groups is 1. The Morgan fingerprint density at radius 1 is 1.10 bits per heavy atom. The zero-order valence-corrected chi connectivity index (χ0v) is 16.9. The fourth-order valence-electron chi connectivity index (χ4n) is 4.77. The van der Waals surface area contributed by atoms with Crippen molar-refractivity contribution in [2.75, 3.05) is 13.1 Å². The predicted molar refractivity (Wildman–Crippen MR) is 114 cm³/mol. The third-order valence-corrected chi connectivity index (χ3v) is 6.36. The fourth-order valence-corrected chi connectivity index (χ4v) is 4.77. The van der Waals surface area contributed by atoms with E-state index in [4.69, 9.17) is 4.74 Å². The number of likely N-dealkylation sites (tertiary alicyclic amines) is 1. The van der Waals surface area contributed by atoms with E-state index in [0.717, 1.165) is 24.0 Å². The number of hydrogen-bond acceptors (Lipinski definition) is 4. The first-order valence-corrected chi connectivity index (χ1v) is 10.8. The van der Waals surface area contributed by atoms with Gasteiger partial charge in [-0.2, -0.15) is 0 Å². The molecule has 1 saturated heterocycles. The summed E-state index contributed by atoms with van der Waals surface area (Å²) in [6, 6.07) is 10.3. The maximum atomic E-state index is 12.6. The molecule has 0 radical (unpaired) electrons. The monoisotopic (exact) mass is 406 g/mol. The van der Waals surface area contributed by atoms with E-state index in [2.05, 4.69) is 38.9 Å². The highest BCUT2D eigenvalue weighted by atomic mass is 16.5. The number of ether oxygens (including phenoxy) is 1. The van der Waals surface area contributed by atoms with Crippen molar-refractivity contribution in [3.63, 3.8) is 0 Å². The number of hydrogen-bond donors (Lipinski definition) is 1. The molecular weight excluding hydrogens is 380 g/mol. The van der Waals surface area contributed by atoms with E-state index >= 15 is 0 Å². The van der Waals surface area contributed by atoms with Gasteiger partial charge in [0.15, 0.2) is 0 Å². The van der Waals surface area contributed by atoms with Gasteiger partial charge < -0.3 is 19.2 Å². The minimum Gasteiger partial charge on any atom is -0.490 e. The maximum Gasteiger partial charge on any atom is 0.272 e. The molecule has 1 aliphatic heterocycles. The number of H-pyrrole nitrogens is 1. The summed E-state index contributed by atoms with van der Waals surface area (Å²) in [5.41, 5.74) is 1.12. The Labute approximate surface area is 174 Å². The van der Waals surface area contributed by atoms with Crippen LogP contribution in [0.5, 0.6) is 5.75 Å². The first-order valence-electron chi connectivity index (χ1n) is 10.8. The summed E-state index contributed by atoms with van der Waals surface area (Å²) in [5, 5.41) is 1.16. The molecule has 2 fully saturated rings. The molecule has 0 bridgehead atoms. The molecule has 3 heterocycles. The lowest BCUT2D eigenvalue weighted by Crippen LogP contribution is -2.42. The fraction of sp³-hybridized carbons (Fsp3) is 0.435. The van der Waals surface area contributed by atoms with Gasteiger partial charge in [-0.1, -0.05) is 18.9 Å². The van der Waals surface area contributed by atoms with Gasteiger partial charge in [-0.3, -0.25) is 9.59 Å². The Balaban J connectivity index is 1.26. The lowest BCUT2D eigenvalue weighted by atomic mass is 10.1. The quantitative estimate of drug-likeness (QED) is 0.719. The Kier molecular flexibility index (Phi) is 5.02. The Bertz CT molecular complexity index is 1100. The molecule has 1 aromatic carbocycles. The number of carbonyl (C=O) groups excluding carboxylic acids is 1. The Hall–Kier alpha value is -3.09. The average Bonchev–Trinajstić information content (AvgIpc) is 3.44. The molecular formula is C23H26N4O3. The van der Waals surface area contributed by atoms with Crippen LogP contribution in [0.25, 0.3) is 10.9 Å². The Morgan fingerprint density at radius 2 is 1.90 bits per heavy atom. The SMILES string of the molecule is O=C(c1cc(=O)[nH]cn1)N1CCC(Oc2cccc3c2ccn3C2CCCC2)CC1. The van der Waals surface area contributed by atoms with E-state index in [-0.39, 0.29) is 23.3 Å². The third-order valence-electron chi connectivity index (χ3n) is 6.36. The zero-order valence-electron chi connectivity index (χ0n) is 16.9. The van der Waals surface area contributed by atoms with E-state index in [0.29, 0.717) is 19.1 Å². The van der Waals surface area contributed by atoms with Gasteiger partial charge in [0.1, 0.15) is 17.5 Å². The molecule has 3 aromatic rings. The number of amides is 1. The molecule has 0 atom stereocenters. The second-order valence-electron chi connectivity index (χ2n) is 8.26. The van der Waals surface area contributed by atoms with E-state index in [1.165, 1.54) is 43.6 Å². The summed E-state index contributed by atoms with van der Waals surface area (Å²) in [5.74, 6) is 0.723. The summed E-state index contributed by atoms with van der Waals surface area (Å²) < 4.78 is 8.78. The number of aromatic amines is 1. The van der Waals surface area contributed by atoms with E-state index in [1.807, 2.05) is 6.07 Å². The van der Waals surface area contributed by atoms with Crippen LogP contribution in [0.3, 0.4) is 0 Å². The van der Waals surface area contributed by atoms with Gasteiger partial charge >= 0.3 is 0 Å². The molecule has 7 nitrogen and oxygen atoms in total.